The molecule has 1 saturated heterocycles. The van der Waals surface area contributed by atoms with Gasteiger partial charge in [-0.3, -0.25) is 4.90 Å². The third-order valence-electron chi connectivity index (χ3n) is 4.36. The third-order valence-corrected chi connectivity index (χ3v) is 6.49. The minimum atomic E-state index is -3.51. The molecule has 7 heteroatoms. The molecule has 1 atom stereocenters. The second kappa shape index (κ2) is 5.08. The predicted octanol–water partition coefficient (Wildman–Crippen LogP) is 1.47. The number of hydrogen-bond acceptors (Lipinski definition) is 6. The van der Waals surface area contributed by atoms with Crippen LogP contribution in [-0.4, -0.2) is 51.4 Å². The fourth-order valence-electron chi connectivity index (χ4n) is 3.36. The number of hydrogen-bond donors (Lipinski definition) is 0. The molecule has 0 saturated carbocycles. The van der Waals surface area contributed by atoms with Gasteiger partial charge in [-0.05, 0) is 29.9 Å². The fourth-order valence-corrected chi connectivity index (χ4v) is 5.55. The van der Waals surface area contributed by atoms with E-state index >= 15 is 0 Å². The molecule has 1 aromatic rings. The van der Waals surface area contributed by atoms with Gasteiger partial charge in [-0.2, -0.15) is 8.42 Å². The summed E-state index contributed by atoms with van der Waals surface area (Å²) in [6.07, 6.45) is 1.87. The number of aryl methyl sites for hydroxylation is 1. The van der Waals surface area contributed by atoms with Crippen LogP contribution >= 0.6 is 11.3 Å². The van der Waals surface area contributed by atoms with Gasteiger partial charge < -0.3 is 8.92 Å². The van der Waals surface area contributed by atoms with Crippen molar-refractivity contribution >= 4 is 27.2 Å². The summed E-state index contributed by atoms with van der Waals surface area (Å²) in [6, 6.07) is 1.92. The molecular formula is C14H17NO4S2. The monoisotopic (exact) mass is 327 g/mol. The van der Waals surface area contributed by atoms with Crippen molar-refractivity contribution in [1.29, 1.82) is 0 Å². The van der Waals surface area contributed by atoms with Gasteiger partial charge in [0, 0.05) is 23.5 Å². The molecule has 21 heavy (non-hydrogen) atoms. The summed E-state index contributed by atoms with van der Waals surface area (Å²) in [4.78, 5) is 3.46. The van der Waals surface area contributed by atoms with E-state index in [1.54, 1.807) is 11.3 Å². The van der Waals surface area contributed by atoms with Crippen LogP contribution < -0.4 is 0 Å². The molecule has 0 bridgehead atoms. The summed E-state index contributed by atoms with van der Waals surface area (Å²) in [5.41, 5.74) is 2.13. The molecule has 4 rings (SSSR count). The summed E-state index contributed by atoms with van der Waals surface area (Å²) in [6.45, 7) is 2.91. The molecule has 0 N–H and O–H groups in total. The number of nitrogens with zero attached hydrogens (tertiary/aromatic N) is 1. The first-order chi connectivity index (χ1) is 10.1. The van der Waals surface area contributed by atoms with Crippen LogP contribution in [0.1, 0.15) is 16.9 Å². The van der Waals surface area contributed by atoms with E-state index < -0.39 is 10.1 Å². The minimum absolute atomic E-state index is 0.0595. The van der Waals surface area contributed by atoms with E-state index in [4.69, 9.17) is 8.92 Å². The molecule has 0 aromatic carbocycles. The molecule has 1 aliphatic carbocycles. The summed E-state index contributed by atoms with van der Waals surface area (Å²) in [7, 11) is -3.51. The van der Waals surface area contributed by atoms with Crippen molar-refractivity contribution in [1.82, 2.24) is 4.90 Å². The van der Waals surface area contributed by atoms with Crippen molar-refractivity contribution in [3.8, 4) is 0 Å². The molecule has 2 aliphatic heterocycles. The number of ether oxygens (including phenoxy) is 1. The van der Waals surface area contributed by atoms with Crippen LogP contribution in [0.15, 0.2) is 17.0 Å². The highest BCUT2D eigenvalue weighted by Crippen LogP contribution is 2.41. The van der Waals surface area contributed by atoms with E-state index in [0.717, 1.165) is 37.1 Å². The molecule has 3 aliphatic rings. The molecule has 0 spiro atoms. The Morgan fingerprint density at radius 1 is 1.24 bits per heavy atom. The average molecular weight is 327 g/mol. The lowest BCUT2D eigenvalue weighted by molar-refractivity contribution is 0.0257. The van der Waals surface area contributed by atoms with Gasteiger partial charge in [0.1, 0.15) is 5.75 Å². The third kappa shape index (κ3) is 2.42. The van der Waals surface area contributed by atoms with Crippen LogP contribution in [-0.2, 0) is 25.5 Å². The van der Waals surface area contributed by atoms with E-state index in [1.807, 2.05) is 11.4 Å². The summed E-state index contributed by atoms with van der Waals surface area (Å²) < 4.78 is 35.1. The highest BCUT2D eigenvalue weighted by molar-refractivity contribution is 7.87. The highest BCUT2D eigenvalue weighted by Gasteiger charge is 2.40. The molecular weight excluding hydrogens is 310 g/mol. The SMILES string of the molecule is O=S1(=O)CC(N2CCOCC2)C2=C(O1)c1ccsc1CC2. The lowest BCUT2D eigenvalue weighted by Gasteiger charge is -2.39. The Morgan fingerprint density at radius 3 is 2.86 bits per heavy atom. The van der Waals surface area contributed by atoms with Gasteiger partial charge in [0.2, 0.25) is 0 Å². The van der Waals surface area contributed by atoms with Crippen LogP contribution in [0.25, 0.3) is 5.76 Å². The zero-order valence-electron chi connectivity index (χ0n) is 11.6. The standard InChI is InChI=1S/C14H17NO4S2/c16-21(17)9-12(15-4-6-18-7-5-15)10-1-2-13-11(3-8-20-13)14(10)19-21/h3,8,12H,1-2,4-7,9H2. The molecule has 5 nitrogen and oxygen atoms in total. The smallest absolute Gasteiger partial charge is 0.311 e. The molecule has 1 fully saturated rings. The van der Waals surface area contributed by atoms with Crippen molar-refractivity contribution in [2.75, 3.05) is 32.1 Å². The second-order valence-corrected chi connectivity index (χ2v) is 8.20. The fraction of sp³-hybridized carbons (Fsp3) is 0.571. The van der Waals surface area contributed by atoms with Crippen molar-refractivity contribution < 1.29 is 17.3 Å². The van der Waals surface area contributed by atoms with E-state index in [2.05, 4.69) is 4.90 Å². The van der Waals surface area contributed by atoms with Crippen LogP contribution in [0.5, 0.6) is 0 Å². The van der Waals surface area contributed by atoms with Gasteiger partial charge in [0.05, 0.1) is 19.3 Å². The van der Waals surface area contributed by atoms with Gasteiger partial charge in [0.15, 0.2) is 5.76 Å². The zero-order chi connectivity index (χ0) is 14.4. The predicted molar refractivity (Wildman–Crippen MR) is 80.6 cm³/mol. The zero-order valence-corrected chi connectivity index (χ0v) is 13.2. The van der Waals surface area contributed by atoms with E-state index in [9.17, 15) is 8.42 Å². The first-order valence-corrected chi connectivity index (χ1v) is 9.63. The van der Waals surface area contributed by atoms with Gasteiger partial charge in [-0.15, -0.1) is 11.3 Å². The van der Waals surface area contributed by atoms with Crippen molar-refractivity contribution in [2.45, 2.75) is 18.9 Å². The van der Waals surface area contributed by atoms with Gasteiger partial charge in [-0.1, -0.05) is 0 Å². The molecule has 3 heterocycles. The molecule has 114 valence electrons. The second-order valence-electron chi connectivity index (χ2n) is 5.58. The Kier molecular flexibility index (Phi) is 3.33. The van der Waals surface area contributed by atoms with Gasteiger partial charge >= 0.3 is 10.1 Å². The molecule has 0 amide bonds. The number of fused-ring (bicyclic) bond motifs is 2. The van der Waals surface area contributed by atoms with Crippen molar-refractivity contribution in [3.05, 3.63) is 27.5 Å². The Morgan fingerprint density at radius 2 is 2.05 bits per heavy atom. The Balaban J connectivity index is 1.78. The van der Waals surface area contributed by atoms with Gasteiger partial charge in [-0.25, -0.2) is 0 Å². The van der Waals surface area contributed by atoms with Crippen LogP contribution in [0, 0.1) is 0 Å². The number of rotatable bonds is 1. The Hall–Kier alpha value is -0.890. The number of thiophene rings is 1. The van der Waals surface area contributed by atoms with E-state index in [0.29, 0.717) is 19.0 Å². The quantitative estimate of drug-likeness (QED) is 0.731. The minimum Gasteiger partial charge on any atom is -0.382 e. The first-order valence-electron chi connectivity index (χ1n) is 7.18. The van der Waals surface area contributed by atoms with Gasteiger partial charge in [0.25, 0.3) is 0 Å². The summed E-state index contributed by atoms with van der Waals surface area (Å²) in [5.74, 6) is 0.658. The van der Waals surface area contributed by atoms with Crippen LogP contribution in [0.3, 0.4) is 0 Å². The molecule has 1 unspecified atom stereocenters. The maximum Gasteiger partial charge on any atom is 0.311 e. The lowest BCUT2D eigenvalue weighted by Crippen LogP contribution is -2.49. The highest BCUT2D eigenvalue weighted by atomic mass is 32.2. The maximum atomic E-state index is 12.2. The normalized spacial score (nSPS) is 28.7. The molecule has 0 radical (unpaired) electrons. The summed E-state index contributed by atoms with van der Waals surface area (Å²) >= 11 is 1.68. The lowest BCUT2D eigenvalue weighted by atomic mass is 9.91. The summed E-state index contributed by atoms with van der Waals surface area (Å²) in [5, 5.41) is 2.01. The Bertz CT molecular complexity index is 686. The molecule has 1 aromatic heterocycles. The largest absolute Gasteiger partial charge is 0.382 e. The average Bonchev–Trinajstić information content (AvgIpc) is 2.95. The van der Waals surface area contributed by atoms with E-state index in [-0.39, 0.29) is 11.8 Å². The van der Waals surface area contributed by atoms with E-state index in [1.165, 1.54) is 4.88 Å². The number of morpholine rings is 1. The maximum absolute atomic E-state index is 12.2. The van der Waals surface area contributed by atoms with Crippen LogP contribution in [0.2, 0.25) is 0 Å². The van der Waals surface area contributed by atoms with Crippen molar-refractivity contribution in [3.63, 3.8) is 0 Å². The first kappa shape index (κ1) is 13.8. The van der Waals surface area contributed by atoms with Crippen molar-refractivity contribution in [2.24, 2.45) is 0 Å². The van der Waals surface area contributed by atoms with Crippen LogP contribution in [0.4, 0.5) is 0 Å². The topological polar surface area (TPSA) is 55.8 Å². The Labute approximate surface area is 128 Å².